The van der Waals surface area contributed by atoms with E-state index in [1.165, 1.54) is 0 Å². The van der Waals surface area contributed by atoms with Crippen LogP contribution in [0.25, 0.3) is 11.0 Å². The molecule has 3 heterocycles. The Kier molecular flexibility index (Phi) is 7.01. The average molecular weight is 374 g/mol. The van der Waals surface area contributed by atoms with E-state index in [2.05, 4.69) is 10.1 Å². The molecule has 0 spiro atoms. The summed E-state index contributed by atoms with van der Waals surface area (Å²) in [7, 11) is 1.86. The van der Waals surface area contributed by atoms with Crippen LogP contribution in [0.4, 0.5) is 0 Å². The Morgan fingerprint density at radius 1 is 1.42 bits per heavy atom. The monoisotopic (exact) mass is 373 g/mol. The number of hydrogen-bond acceptors (Lipinski definition) is 4. The number of likely N-dealkylation sites (tertiary alicyclic amines) is 1. The smallest absolute Gasteiger partial charge is 0.255 e. The molecule has 0 aliphatic carbocycles. The highest BCUT2D eigenvalue weighted by Crippen LogP contribution is 2.22. The third kappa shape index (κ3) is 3.82. The SMILES string of the molecule is Cc1nn(C)c2ncc(C(=O)N3CCCC(C(C)N)C3)cc12.Cl.Cl. The minimum absolute atomic E-state index is 0. The Morgan fingerprint density at radius 3 is 2.79 bits per heavy atom. The van der Waals surface area contributed by atoms with E-state index in [0.29, 0.717) is 11.5 Å². The molecule has 2 aromatic heterocycles. The van der Waals surface area contributed by atoms with Gasteiger partial charge in [-0.05, 0) is 38.7 Å². The number of amides is 1. The fourth-order valence-electron chi connectivity index (χ4n) is 3.23. The summed E-state index contributed by atoms with van der Waals surface area (Å²) < 4.78 is 1.74. The van der Waals surface area contributed by atoms with Gasteiger partial charge in [-0.1, -0.05) is 0 Å². The van der Waals surface area contributed by atoms with E-state index in [4.69, 9.17) is 5.73 Å². The molecule has 2 N–H and O–H groups in total. The average Bonchev–Trinajstić information content (AvgIpc) is 2.81. The lowest BCUT2D eigenvalue weighted by molar-refractivity contribution is 0.0660. The number of rotatable bonds is 2. The van der Waals surface area contributed by atoms with Crippen LogP contribution in [0.1, 0.15) is 35.8 Å². The molecule has 2 aromatic rings. The molecule has 2 unspecified atom stereocenters. The van der Waals surface area contributed by atoms with Crippen LogP contribution in [-0.2, 0) is 7.05 Å². The number of carbonyl (C=O) groups excluding carboxylic acids is 1. The van der Waals surface area contributed by atoms with Crippen molar-refractivity contribution in [3.63, 3.8) is 0 Å². The molecular formula is C16H25Cl2N5O. The molecule has 0 aromatic carbocycles. The van der Waals surface area contributed by atoms with Gasteiger partial charge in [-0.15, -0.1) is 24.8 Å². The van der Waals surface area contributed by atoms with E-state index >= 15 is 0 Å². The molecule has 8 heteroatoms. The molecule has 0 radical (unpaired) electrons. The predicted molar refractivity (Wildman–Crippen MR) is 100 cm³/mol. The van der Waals surface area contributed by atoms with Crippen LogP contribution in [0, 0.1) is 12.8 Å². The molecule has 6 nitrogen and oxygen atoms in total. The minimum atomic E-state index is 0. The van der Waals surface area contributed by atoms with E-state index in [-0.39, 0.29) is 36.8 Å². The van der Waals surface area contributed by atoms with Crippen LogP contribution in [0.2, 0.25) is 0 Å². The van der Waals surface area contributed by atoms with E-state index in [1.807, 2.05) is 31.9 Å². The van der Waals surface area contributed by atoms with Gasteiger partial charge in [0.25, 0.3) is 5.91 Å². The maximum Gasteiger partial charge on any atom is 0.255 e. The Labute approximate surface area is 154 Å². The number of halogens is 2. The number of nitrogens with zero attached hydrogens (tertiary/aromatic N) is 4. The first-order valence-corrected chi connectivity index (χ1v) is 7.81. The highest BCUT2D eigenvalue weighted by molar-refractivity contribution is 5.97. The zero-order chi connectivity index (χ0) is 15.9. The van der Waals surface area contributed by atoms with Gasteiger partial charge in [0.2, 0.25) is 0 Å². The van der Waals surface area contributed by atoms with Crippen molar-refractivity contribution in [1.29, 1.82) is 0 Å². The second-order valence-electron chi connectivity index (χ2n) is 6.32. The van der Waals surface area contributed by atoms with E-state index in [0.717, 1.165) is 42.7 Å². The maximum atomic E-state index is 12.7. The first-order chi connectivity index (χ1) is 10.5. The highest BCUT2D eigenvalue weighted by Gasteiger charge is 2.27. The molecule has 1 aliphatic heterocycles. The zero-order valence-corrected chi connectivity index (χ0v) is 15.9. The first-order valence-electron chi connectivity index (χ1n) is 7.81. The lowest BCUT2D eigenvalue weighted by Gasteiger charge is -2.34. The number of aryl methyl sites for hydroxylation is 2. The molecular weight excluding hydrogens is 349 g/mol. The molecule has 2 atom stereocenters. The third-order valence-electron chi connectivity index (χ3n) is 4.60. The summed E-state index contributed by atoms with van der Waals surface area (Å²) in [6, 6.07) is 2.03. The van der Waals surface area contributed by atoms with Gasteiger partial charge in [0.05, 0.1) is 11.3 Å². The second kappa shape index (κ2) is 8.14. The zero-order valence-electron chi connectivity index (χ0n) is 14.2. The third-order valence-corrected chi connectivity index (χ3v) is 4.60. The standard InChI is InChI=1S/C16H23N5O.2ClH/c1-10(17)12-5-4-6-21(9-12)16(22)13-7-14-11(2)19-20(3)15(14)18-8-13;;/h7-8,10,12H,4-6,9,17H2,1-3H3;2*1H. The van der Waals surface area contributed by atoms with E-state index in [1.54, 1.807) is 10.9 Å². The van der Waals surface area contributed by atoms with Crippen molar-refractivity contribution in [1.82, 2.24) is 19.7 Å². The van der Waals surface area contributed by atoms with Crippen molar-refractivity contribution in [2.45, 2.75) is 32.7 Å². The highest BCUT2D eigenvalue weighted by atomic mass is 35.5. The second-order valence-corrected chi connectivity index (χ2v) is 6.32. The summed E-state index contributed by atoms with van der Waals surface area (Å²) in [5.74, 6) is 0.428. The number of piperidine rings is 1. The summed E-state index contributed by atoms with van der Waals surface area (Å²) >= 11 is 0. The number of fused-ring (bicyclic) bond motifs is 1. The normalized spacial score (nSPS) is 18.7. The number of hydrogen-bond donors (Lipinski definition) is 1. The van der Waals surface area contributed by atoms with Crippen molar-refractivity contribution < 1.29 is 4.79 Å². The van der Waals surface area contributed by atoms with Gasteiger partial charge in [0.15, 0.2) is 5.65 Å². The molecule has 0 saturated carbocycles. The summed E-state index contributed by atoms with van der Waals surface area (Å²) in [4.78, 5) is 19.1. The predicted octanol–water partition coefficient (Wildman–Crippen LogP) is 2.32. The Morgan fingerprint density at radius 2 is 2.12 bits per heavy atom. The summed E-state index contributed by atoms with van der Waals surface area (Å²) in [6.07, 6.45) is 3.77. The van der Waals surface area contributed by atoms with Crippen molar-refractivity contribution in [3.05, 3.63) is 23.5 Å². The molecule has 1 aliphatic rings. The van der Waals surface area contributed by atoms with Crippen LogP contribution < -0.4 is 5.73 Å². The minimum Gasteiger partial charge on any atom is -0.338 e. The Balaban J connectivity index is 0.00000144. The van der Waals surface area contributed by atoms with Gasteiger partial charge in [0.1, 0.15) is 0 Å². The van der Waals surface area contributed by atoms with Gasteiger partial charge >= 0.3 is 0 Å². The fourth-order valence-corrected chi connectivity index (χ4v) is 3.23. The van der Waals surface area contributed by atoms with Crippen molar-refractivity contribution in [2.24, 2.45) is 18.7 Å². The van der Waals surface area contributed by atoms with Crippen molar-refractivity contribution >= 4 is 41.8 Å². The lowest BCUT2D eigenvalue weighted by atomic mass is 9.92. The number of carbonyl (C=O) groups is 1. The van der Waals surface area contributed by atoms with Gasteiger partial charge in [-0.2, -0.15) is 5.10 Å². The lowest BCUT2D eigenvalue weighted by Crippen LogP contribution is -2.45. The maximum absolute atomic E-state index is 12.7. The van der Waals surface area contributed by atoms with Crippen LogP contribution in [0.15, 0.2) is 12.3 Å². The number of aromatic nitrogens is 3. The van der Waals surface area contributed by atoms with Crippen LogP contribution in [-0.4, -0.2) is 44.7 Å². The Bertz CT molecular complexity index is 716. The topological polar surface area (TPSA) is 77.0 Å². The molecule has 1 saturated heterocycles. The first kappa shape index (κ1) is 20.7. The van der Waals surface area contributed by atoms with Crippen molar-refractivity contribution in [2.75, 3.05) is 13.1 Å². The molecule has 0 bridgehead atoms. The molecule has 24 heavy (non-hydrogen) atoms. The molecule has 134 valence electrons. The van der Waals surface area contributed by atoms with Gasteiger partial charge < -0.3 is 10.6 Å². The summed E-state index contributed by atoms with van der Waals surface area (Å²) in [5, 5.41) is 5.29. The van der Waals surface area contributed by atoms with Gasteiger partial charge in [-0.25, -0.2) is 4.98 Å². The van der Waals surface area contributed by atoms with Gasteiger partial charge in [-0.3, -0.25) is 9.48 Å². The van der Waals surface area contributed by atoms with Gasteiger partial charge in [0, 0.05) is 37.8 Å². The fraction of sp³-hybridized carbons (Fsp3) is 0.562. The summed E-state index contributed by atoms with van der Waals surface area (Å²) in [5.41, 5.74) is 8.34. The number of pyridine rings is 1. The van der Waals surface area contributed by atoms with E-state index in [9.17, 15) is 4.79 Å². The summed E-state index contributed by atoms with van der Waals surface area (Å²) in [6.45, 7) is 5.49. The van der Waals surface area contributed by atoms with Crippen molar-refractivity contribution in [3.8, 4) is 0 Å². The largest absolute Gasteiger partial charge is 0.338 e. The molecule has 3 rings (SSSR count). The van der Waals surface area contributed by atoms with Crippen LogP contribution in [0.3, 0.4) is 0 Å². The quantitative estimate of drug-likeness (QED) is 0.875. The molecule has 1 fully saturated rings. The van der Waals surface area contributed by atoms with E-state index < -0.39 is 0 Å². The number of nitrogens with two attached hydrogens (primary N) is 1. The van der Waals surface area contributed by atoms with Crippen LogP contribution in [0.5, 0.6) is 0 Å². The Hall–Kier alpha value is -1.37. The van der Waals surface area contributed by atoms with Crippen LogP contribution >= 0.6 is 24.8 Å². The molecule has 1 amide bonds.